The first kappa shape index (κ1) is 19.4. The number of carbonyl (C=O) groups excluding carboxylic acids is 2. The van der Waals surface area contributed by atoms with Gasteiger partial charge in [-0.2, -0.15) is 0 Å². The van der Waals surface area contributed by atoms with Crippen LogP contribution < -0.4 is 9.47 Å². The van der Waals surface area contributed by atoms with Gasteiger partial charge in [0, 0.05) is 6.07 Å². The molecule has 0 saturated carbocycles. The highest BCUT2D eigenvalue weighted by molar-refractivity contribution is 6.14. The van der Waals surface area contributed by atoms with Crippen molar-refractivity contribution in [1.29, 1.82) is 0 Å². The number of allylic oxidation sites excluding steroid dienone is 1. The number of ketones is 1. The summed E-state index contributed by atoms with van der Waals surface area (Å²) in [5, 5.41) is 0. The Bertz CT molecular complexity index is 923. The molecule has 144 valence electrons. The quantitative estimate of drug-likeness (QED) is 0.402. The summed E-state index contributed by atoms with van der Waals surface area (Å²) >= 11 is 0. The lowest BCUT2D eigenvalue weighted by molar-refractivity contribution is -0.144. The van der Waals surface area contributed by atoms with Gasteiger partial charge in [0.15, 0.2) is 12.4 Å². The molecule has 0 bridgehead atoms. The van der Waals surface area contributed by atoms with Crippen LogP contribution in [0.15, 0.2) is 60.9 Å². The first-order valence-corrected chi connectivity index (χ1v) is 9.05. The first-order chi connectivity index (χ1) is 13.5. The standard InChI is InChI=1S/C23H22O5/c1-4-11-26-22(24)14-27-18-9-10-19-20(13-18)28-21(23(19)25)12-16-5-7-17(8-6-16)15(2)3/h4-10,12-13,15H,1,11,14H2,2-3H3. The lowest BCUT2D eigenvalue weighted by Crippen LogP contribution is -2.14. The Hall–Kier alpha value is -3.34. The summed E-state index contributed by atoms with van der Waals surface area (Å²) in [6.45, 7) is 7.64. The number of esters is 1. The maximum absolute atomic E-state index is 12.6. The molecule has 0 radical (unpaired) electrons. The first-order valence-electron chi connectivity index (χ1n) is 9.05. The molecule has 5 heteroatoms. The summed E-state index contributed by atoms with van der Waals surface area (Å²) in [5.41, 5.74) is 2.59. The molecule has 1 heterocycles. The van der Waals surface area contributed by atoms with E-state index in [9.17, 15) is 9.59 Å². The highest BCUT2D eigenvalue weighted by Crippen LogP contribution is 2.35. The summed E-state index contributed by atoms with van der Waals surface area (Å²) in [6.07, 6.45) is 3.20. The smallest absolute Gasteiger partial charge is 0.344 e. The molecule has 0 atom stereocenters. The highest BCUT2D eigenvalue weighted by atomic mass is 16.6. The van der Waals surface area contributed by atoms with Crippen LogP contribution in [0.2, 0.25) is 0 Å². The zero-order valence-corrected chi connectivity index (χ0v) is 15.9. The van der Waals surface area contributed by atoms with Crippen molar-refractivity contribution in [3.8, 4) is 11.5 Å². The minimum atomic E-state index is -0.497. The van der Waals surface area contributed by atoms with Crippen LogP contribution in [-0.4, -0.2) is 25.0 Å². The van der Waals surface area contributed by atoms with E-state index in [1.54, 1.807) is 24.3 Å². The van der Waals surface area contributed by atoms with Crippen LogP contribution in [-0.2, 0) is 9.53 Å². The van der Waals surface area contributed by atoms with E-state index in [1.165, 1.54) is 11.6 Å². The average molecular weight is 378 g/mol. The van der Waals surface area contributed by atoms with E-state index in [4.69, 9.17) is 14.2 Å². The topological polar surface area (TPSA) is 61.8 Å². The van der Waals surface area contributed by atoms with Gasteiger partial charge in [0.25, 0.3) is 0 Å². The van der Waals surface area contributed by atoms with Crippen molar-refractivity contribution in [2.45, 2.75) is 19.8 Å². The molecule has 0 N–H and O–H groups in total. The van der Waals surface area contributed by atoms with Crippen molar-refractivity contribution >= 4 is 17.8 Å². The Kier molecular flexibility index (Phi) is 5.94. The highest BCUT2D eigenvalue weighted by Gasteiger charge is 2.27. The molecule has 2 aromatic carbocycles. The molecule has 0 saturated heterocycles. The maximum atomic E-state index is 12.6. The number of ether oxygens (including phenoxy) is 3. The molecule has 0 aromatic heterocycles. The van der Waals surface area contributed by atoms with Gasteiger partial charge in [-0.1, -0.05) is 50.8 Å². The third-order valence-corrected chi connectivity index (χ3v) is 4.26. The Morgan fingerprint density at radius 1 is 1.18 bits per heavy atom. The van der Waals surface area contributed by atoms with E-state index < -0.39 is 5.97 Å². The fourth-order valence-electron chi connectivity index (χ4n) is 2.72. The van der Waals surface area contributed by atoms with Crippen molar-refractivity contribution in [3.05, 3.63) is 77.6 Å². The van der Waals surface area contributed by atoms with Crippen LogP contribution in [0, 0.1) is 0 Å². The molecule has 1 aliphatic heterocycles. The Balaban J connectivity index is 1.70. The summed E-state index contributed by atoms with van der Waals surface area (Å²) in [4.78, 5) is 24.0. The van der Waals surface area contributed by atoms with E-state index in [0.717, 1.165) is 5.56 Å². The molecule has 0 aliphatic carbocycles. The van der Waals surface area contributed by atoms with Gasteiger partial charge in [-0.3, -0.25) is 4.79 Å². The third-order valence-electron chi connectivity index (χ3n) is 4.26. The summed E-state index contributed by atoms with van der Waals surface area (Å²) in [6, 6.07) is 12.9. The van der Waals surface area contributed by atoms with Gasteiger partial charge in [-0.05, 0) is 35.3 Å². The molecule has 28 heavy (non-hydrogen) atoms. The van der Waals surface area contributed by atoms with Crippen LogP contribution in [0.5, 0.6) is 11.5 Å². The zero-order valence-electron chi connectivity index (χ0n) is 15.9. The monoisotopic (exact) mass is 378 g/mol. The lowest BCUT2D eigenvalue weighted by atomic mass is 10.0. The predicted molar refractivity (Wildman–Crippen MR) is 107 cm³/mol. The van der Waals surface area contributed by atoms with Gasteiger partial charge < -0.3 is 14.2 Å². The minimum absolute atomic E-state index is 0.135. The molecule has 5 nitrogen and oxygen atoms in total. The second-order valence-corrected chi connectivity index (χ2v) is 6.68. The van der Waals surface area contributed by atoms with Crippen LogP contribution in [0.25, 0.3) is 6.08 Å². The number of fused-ring (bicyclic) bond motifs is 1. The normalized spacial score (nSPS) is 14.0. The summed E-state index contributed by atoms with van der Waals surface area (Å²) in [7, 11) is 0. The molecule has 0 fully saturated rings. The third kappa shape index (κ3) is 4.49. The number of rotatable bonds is 7. The Labute approximate surface area is 164 Å². The fourth-order valence-corrected chi connectivity index (χ4v) is 2.72. The van der Waals surface area contributed by atoms with E-state index in [2.05, 4.69) is 20.4 Å². The minimum Gasteiger partial charge on any atom is -0.482 e. The van der Waals surface area contributed by atoms with Crippen molar-refractivity contribution in [1.82, 2.24) is 0 Å². The molecule has 0 unspecified atom stereocenters. The second kappa shape index (κ2) is 8.57. The molecule has 0 spiro atoms. The number of benzene rings is 2. The number of hydrogen-bond donors (Lipinski definition) is 0. The van der Waals surface area contributed by atoms with Gasteiger partial charge in [0.2, 0.25) is 5.78 Å². The van der Waals surface area contributed by atoms with E-state index in [-0.39, 0.29) is 24.8 Å². The second-order valence-electron chi connectivity index (χ2n) is 6.68. The van der Waals surface area contributed by atoms with Gasteiger partial charge in [-0.15, -0.1) is 0 Å². The van der Waals surface area contributed by atoms with Crippen LogP contribution in [0.1, 0.15) is 41.3 Å². The molecule has 0 amide bonds. The molecule has 2 aromatic rings. The number of carbonyl (C=O) groups is 2. The Morgan fingerprint density at radius 3 is 2.61 bits per heavy atom. The molecular formula is C23H22O5. The van der Waals surface area contributed by atoms with Gasteiger partial charge >= 0.3 is 5.97 Å². The van der Waals surface area contributed by atoms with Gasteiger partial charge in [0.1, 0.15) is 18.1 Å². The van der Waals surface area contributed by atoms with Crippen molar-refractivity contribution < 1.29 is 23.8 Å². The van der Waals surface area contributed by atoms with E-state index >= 15 is 0 Å². The Morgan fingerprint density at radius 2 is 1.93 bits per heavy atom. The number of Topliss-reactive ketones (excluding diaryl/α,β-unsaturated/α-hetero) is 1. The van der Waals surface area contributed by atoms with Crippen LogP contribution in [0.3, 0.4) is 0 Å². The van der Waals surface area contributed by atoms with Crippen molar-refractivity contribution in [2.75, 3.05) is 13.2 Å². The largest absolute Gasteiger partial charge is 0.482 e. The molecular weight excluding hydrogens is 356 g/mol. The van der Waals surface area contributed by atoms with E-state index in [1.807, 2.05) is 24.3 Å². The van der Waals surface area contributed by atoms with Crippen molar-refractivity contribution in [3.63, 3.8) is 0 Å². The van der Waals surface area contributed by atoms with Crippen LogP contribution >= 0.6 is 0 Å². The predicted octanol–water partition coefficient (Wildman–Crippen LogP) is 4.53. The fraction of sp³-hybridized carbons (Fsp3) is 0.217. The van der Waals surface area contributed by atoms with Crippen LogP contribution in [0.4, 0.5) is 0 Å². The number of hydrogen-bond acceptors (Lipinski definition) is 5. The summed E-state index contributed by atoms with van der Waals surface area (Å²) in [5.74, 6) is 0.858. The average Bonchev–Trinajstić information content (AvgIpc) is 3.00. The van der Waals surface area contributed by atoms with E-state index in [0.29, 0.717) is 23.0 Å². The lowest BCUT2D eigenvalue weighted by Gasteiger charge is -2.07. The zero-order chi connectivity index (χ0) is 20.1. The van der Waals surface area contributed by atoms with Gasteiger partial charge in [-0.25, -0.2) is 4.79 Å². The molecule has 1 aliphatic rings. The maximum Gasteiger partial charge on any atom is 0.344 e. The summed E-state index contributed by atoms with van der Waals surface area (Å²) < 4.78 is 16.0. The molecule has 3 rings (SSSR count). The van der Waals surface area contributed by atoms with Gasteiger partial charge in [0.05, 0.1) is 5.56 Å². The van der Waals surface area contributed by atoms with Crippen molar-refractivity contribution in [2.24, 2.45) is 0 Å². The SMILES string of the molecule is C=CCOC(=O)COc1ccc2c(c1)OC(=Cc1ccc(C(C)C)cc1)C2=O.